The molecule has 0 unspecified atom stereocenters. The molecule has 0 aromatic carbocycles. The van der Waals surface area contributed by atoms with Gasteiger partial charge in [-0.15, -0.1) is 0 Å². The fourth-order valence-corrected chi connectivity index (χ4v) is 2.32. The molecule has 1 aromatic heterocycles. The number of ether oxygens (including phenoxy) is 1. The van der Waals surface area contributed by atoms with E-state index in [1.807, 2.05) is 18.7 Å². The van der Waals surface area contributed by atoms with Crippen LogP contribution in [0.4, 0.5) is 23.3 Å². The molecular weight excluding hydrogens is 264 g/mol. The van der Waals surface area contributed by atoms with Crippen molar-refractivity contribution in [3.63, 3.8) is 0 Å². The Labute approximate surface area is 116 Å². The minimum absolute atomic E-state index is 0.0346. The Morgan fingerprint density at radius 3 is 2.50 bits per heavy atom. The average Bonchev–Trinajstić information content (AvgIpc) is 2.35. The molecule has 3 N–H and O–H groups in total. The van der Waals surface area contributed by atoms with Crippen molar-refractivity contribution < 1.29 is 9.66 Å². The van der Waals surface area contributed by atoms with E-state index < -0.39 is 4.92 Å². The maximum absolute atomic E-state index is 11.2. The van der Waals surface area contributed by atoms with E-state index in [-0.39, 0.29) is 35.5 Å². The maximum Gasteiger partial charge on any atom is 0.353 e. The number of nitrogens with zero attached hydrogens (tertiary/aromatic N) is 4. The molecule has 1 aliphatic rings. The largest absolute Gasteiger partial charge is 0.378 e. The average molecular weight is 282 g/mol. The Morgan fingerprint density at radius 1 is 1.40 bits per heavy atom. The zero-order chi connectivity index (χ0) is 14.9. The third-order valence-corrected chi connectivity index (χ3v) is 3.02. The third-order valence-electron chi connectivity index (χ3n) is 3.02. The first-order valence-electron chi connectivity index (χ1n) is 6.32. The summed E-state index contributed by atoms with van der Waals surface area (Å²) in [5, 5.41) is 14.0. The van der Waals surface area contributed by atoms with Crippen molar-refractivity contribution in [2.75, 3.05) is 36.1 Å². The minimum Gasteiger partial charge on any atom is -0.378 e. The van der Waals surface area contributed by atoms with Crippen molar-refractivity contribution >= 4 is 23.3 Å². The summed E-state index contributed by atoms with van der Waals surface area (Å²) in [7, 11) is 1.63. The molecule has 110 valence electrons. The molecule has 1 aliphatic heterocycles. The van der Waals surface area contributed by atoms with Gasteiger partial charge in [0.15, 0.2) is 0 Å². The van der Waals surface area contributed by atoms with Gasteiger partial charge >= 0.3 is 5.69 Å². The smallest absolute Gasteiger partial charge is 0.353 e. The number of nitrogen functional groups attached to an aromatic ring is 1. The van der Waals surface area contributed by atoms with Crippen molar-refractivity contribution in [3.8, 4) is 0 Å². The van der Waals surface area contributed by atoms with Crippen LogP contribution in [-0.2, 0) is 4.74 Å². The van der Waals surface area contributed by atoms with Gasteiger partial charge in [-0.3, -0.25) is 10.1 Å². The molecule has 2 atom stereocenters. The Bertz CT molecular complexity index is 513. The van der Waals surface area contributed by atoms with E-state index in [1.54, 1.807) is 7.05 Å². The normalized spacial score (nSPS) is 22.6. The van der Waals surface area contributed by atoms with E-state index in [0.29, 0.717) is 13.1 Å². The topological polar surface area (TPSA) is 119 Å². The Hall–Kier alpha value is -2.16. The van der Waals surface area contributed by atoms with Crippen molar-refractivity contribution in [1.29, 1.82) is 0 Å². The number of aromatic nitrogens is 2. The zero-order valence-corrected chi connectivity index (χ0v) is 11.7. The van der Waals surface area contributed by atoms with Crippen LogP contribution in [0.5, 0.6) is 0 Å². The second-order valence-corrected chi connectivity index (χ2v) is 4.77. The Balaban J connectivity index is 2.47. The molecule has 20 heavy (non-hydrogen) atoms. The standard InChI is InChI=1S/C11H18N6O3/c1-6-4-16(5-7(2)20-6)10-8(17(18)19)9(12)14-11(13-3)15-10/h6-7H,4-5H2,1-3H3,(H3,12,13,14,15)/t6-,7+. The fraction of sp³-hybridized carbons (Fsp3) is 0.636. The van der Waals surface area contributed by atoms with Gasteiger partial charge in [-0.1, -0.05) is 0 Å². The van der Waals surface area contributed by atoms with Crippen molar-refractivity contribution in [2.24, 2.45) is 0 Å². The molecule has 2 heterocycles. The number of hydrogen-bond donors (Lipinski definition) is 2. The summed E-state index contributed by atoms with van der Waals surface area (Å²) in [5.74, 6) is 0.347. The first-order chi connectivity index (χ1) is 9.42. The minimum atomic E-state index is -0.547. The first kappa shape index (κ1) is 14.3. The predicted octanol–water partition coefficient (Wildman–Crippen LogP) is 0.622. The molecule has 1 aromatic rings. The van der Waals surface area contributed by atoms with Gasteiger partial charge in [-0.25, -0.2) is 0 Å². The lowest BCUT2D eigenvalue weighted by atomic mass is 10.2. The van der Waals surface area contributed by atoms with Crippen LogP contribution >= 0.6 is 0 Å². The second kappa shape index (κ2) is 5.45. The Morgan fingerprint density at radius 2 is 2.00 bits per heavy atom. The second-order valence-electron chi connectivity index (χ2n) is 4.77. The highest BCUT2D eigenvalue weighted by atomic mass is 16.6. The van der Waals surface area contributed by atoms with Crippen LogP contribution in [0, 0.1) is 10.1 Å². The van der Waals surface area contributed by atoms with Gasteiger partial charge in [0.25, 0.3) is 0 Å². The van der Waals surface area contributed by atoms with Crippen molar-refractivity contribution in [1.82, 2.24) is 9.97 Å². The molecule has 1 saturated heterocycles. The van der Waals surface area contributed by atoms with Gasteiger partial charge < -0.3 is 20.7 Å². The molecule has 1 fully saturated rings. The highest BCUT2D eigenvalue weighted by molar-refractivity contribution is 5.71. The van der Waals surface area contributed by atoms with E-state index in [1.165, 1.54) is 0 Å². The van der Waals surface area contributed by atoms with Crippen LogP contribution in [0.3, 0.4) is 0 Å². The molecular formula is C11H18N6O3. The zero-order valence-electron chi connectivity index (χ0n) is 11.7. The summed E-state index contributed by atoms with van der Waals surface area (Å²) >= 11 is 0. The van der Waals surface area contributed by atoms with Crippen molar-refractivity contribution in [2.45, 2.75) is 26.1 Å². The lowest BCUT2D eigenvalue weighted by molar-refractivity contribution is -0.383. The monoisotopic (exact) mass is 282 g/mol. The van der Waals surface area contributed by atoms with Gasteiger partial charge in [0, 0.05) is 20.1 Å². The Kier molecular flexibility index (Phi) is 3.89. The van der Waals surface area contributed by atoms with Crippen LogP contribution in [0.1, 0.15) is 13.8 Å². The molecule has 9 heteroatoms. The fourth-order valence-electron chi connectivity index (χ4n) is 2.32. The van der Waals surface area contributed by atoms with Crippen LogP contribution in [-0.4, -0.2) is 47.2 Å². The molecule has 0 saturated carbocycles. The number of rotatable bonds is 3. The maximum atomic E-state index is 11.2. The lowest BCUT2D eigenvalue weighted by Gasteiger charge is -2.35. The summed E-state index contributed by atoms with van der Waals surface area (Å²) in [6.07, 6.45) is -0.0693. The van der Waals surface area contributed by atoms with Gasteiger partial charge in [-0.05, 0) is 13.8 Å². The van der Waals surface area contributed by atoms with Gasteiger partial charge in [0.1, 0.15) is 0 Å². The van der Waals surface area contributed by atoms with E-state index in [0.717, 1.165) is 0 Å². The quantitative estimate of drug-likeness (QED) is 0.611. The van der Waals surface area contributed by atoms with Crippen LogP contribution in [0.15, 0.2) is 0 Å². The summed E-state index contributed by atoms with van der Waals surface area (Å²) in [6, 6.07) is 0. The SMILES string of the molecule is CNc1nc(N)c([N+](=O)[O-])c(N2C[C@@H](C)O[C@@H](C)C2)n1. The summed E-state index contributed by atoms with van der Waals surface area (Å²) in [5.41, 5.74) is 5.42. The summed E-state index contributed by atoms with van der Waals surface area (Å²) < 4.78 is 5.62. The van der Waals surface area contributed by atoms with Crippen molar-refractivity contribution in [3.05, 3.63) is 10.1 Å². The number of morpholine rings is 1. The predicted molar refractivity (Wildman–Crippen MR) is 74.9 cm³/mol. The van der Waals surface area contributed by atoms with Crippen LogP contribution < -0.4 is 16.0 Å². The molecule has 9 nitrogen and oxygen atoms in total. The third kappa shape index (κ3) is 2.72. The van der Waals surface area contributed by atoms with Crippen LogP contribution in [0.2, 0.25) is 0 Å². The van der Waals surface area contributed by atoms with Gasteiger partial charge in [0.2, 0.25) is 17.6 Å². The first-order valence-corrected chi connectivity index (χ1v) is 6.32. The number of hydrogen-bond acceptors (Lipinski definition) is 8. The van der Waals surface area contributed by atoms with E-state index in [2.05, 4.69) is 15.3 Å². The summed E-state index contributed by atoms with van der Waals surface area (Å²) in [4.78, 5) is 20.5. The summed E-state index contributed by atoms with van der Waals surface area (Å²) in [6.45, 7) is 4.87. The molecule has 0 aliphatic carbocycles. The highest BCUT2D eigenvalue weighted by Crippen LogP contribution is 2.33. The number of nitro groups is 1. The highest BCUT2D eigenvalue weighted by Gasteiger charge is 2.31. The molecule has 0 spiro atoms. The molecule has 2 rings (SSSR count). The number of anilines is 3. The molecule has 0 radical (unpaired) electrons. The lowest BCUT2D eigenvalue weighted by Crippen LogP contribution is -2.46. The van der Waals surface area contributed by atoms with E-state index in [9.17, 15) is 10.1 Å². The number of nitrogens with two attached hydrogens (primary N) is 1. The van der Waals surface area contributed by atoms with Crippen LogP contribution in [0.25, 0.3) is 0 Å². The number of nitrogens with one attached hydrogen (secondary N) is 1. The van der Waals surface area contributed by atoms with Gasteiger partial charge in [-0.2, -0.15) is 9.97 Å². The molecule has 0 amide bonds. The van der Waals surface area contributed by atoms with E-state index in [4.69, 9.17) is 10.5 Å². The van der Waals surface area contributed by atoms with Gasteiger partial charge in [0.05, 0.1) is 17.1 Å². The molecule has 0 bridgehead atoms. The van der Waals surface area contributed by atoms with E-state index >= 15 is 0 Å².